The fourth-order valence-electron chi connectivity index (χ4n) is 3.71. The van der Waals surface area contributed by atoms with Crippen molar-refractivity contribution in [1.82, 2.24) is 10.3 Å². The molecule has 0 saturated heterocycles. The Morgan fingerprint density at radius 1 is 1.09 bits per heavy atom. The molecule has 3 aromatic carbocycles. The maximum atomic E-state index is 10.9. The summed E-state index contributed by atoms with van der Waals surface area (Å²) < 4.78 is 12.6. The molecule has 0 atom stereocenters. The summed E-state index contributed by atoms with van der Waals surface area (Å²) >= 11 is 3.63. The van der Waals surface area contributed by atoms with E-state index in [9.17, 15) is 10.1 Å². The Kier molecular flexibility index (Phi) is 7.26. The molecule has 0 unspecified atom stereocenters. The van der Waals surface area contributed by atoms with Crippen LogP contribution >= 0.6 is 15.9 Å². The van der Waals surface area contributed by atoms with Crippen LogP contribution in [0.3, 0.4) is 0 Å². The number of methoxy groups -OCH3 is 1. The molecule has 170 valence electrons. The number of hydrogen-bond acceptors (Lipinski definition) is 5. The highest BCUT2D eigenvalue weighted by atomic mass is 79.9. The van der Waals surface area contributed by atoms with Crippen molar-refractivity contribution in [3.63, 3.8) is 0 Å². The third kappa shape index (κ3) is 5.35. The molecule has 0 aliphatic rings. The monoisotopic (exact) mass is 509 g/mol. The van der Waals surface area contributed by atoms with Gasteiger partial charge in [0, 0.05) is 45.8 Å². The Morgan fingerprint density at radius 3 is 2.64 bits per heavy atom. The van der Waals surface area contributed by atoms with Crippen molar-refractivity contribution in [1.29, 1.82) is 0 Å². The number of H-pyrrole nitrogens is 1. The van der Waals surface area contributed by atoms with Crippen molar-refractivity contribution < 1.29 is 14.4 Å². The molecule has 4 rings (SSSR count). The van der Waals surface area contributed by atoms with Gasteiger partial charge in [0.05, 0.1) is 12.0 Å². The third-order valence-electron chi connectivity index (χ3n) is 5.47. The molecule has 8 heteroatoms. The van der Waals surface area contributed by atoms with Gasteiger partial charge in [-0.3, -0.25) is 10.1 Å². The zero-order valence-corrected chi connectivity index (χ0v) is 19.7. The number of ether oxygens (including phenoxy) is 2. The largest absolute Gasteiger partial charge is 0.493 e. The van der Waals surface area contributed by atoms with Gasteiger partial charge in [-0.1, -0.05) is 34.1 Å². The molecular formula is C25H24BrN3O4. The molecule has 0 fully saturated rings. The second-order valence-corrected chi connectivity index (χ2v) is 8.41. The van der Waals surface area contributed by atoms with E-state index in [1.165, 1.54) is 23.1 Å². The third-order valence-corrected chi connectivity index (χ3v) is 6.21. The van der Waals surface area contributed by atoms with Gasteiger partial charge in [0.25, 0.3) is 5.69 Å². The number of nitrogens with zero attached hydrogens (tertiary/aromatic N) is 1. The lowest BCUT2D eigenvalue weighted by Gasteiger charge is -2.17. The molecule has 7 nitrogen and oxygen atoms in total. The molecule has 0 saturated carbocycles. The Bertz CT molecular complexity index is 1250. The first kappa shape index (κ1) is 22.8. The topological polar surface area (TPSA) is 89.4 Å². The minimum Gasteiger partial charge on any atom is -0.493 e. The van der Waals surface area contributed by atoms with Crippen LogP contribution in [0.25, 0.3) is 10.9 Å². The van der Waals surface area contributed by atoms with Crippen molar-refractivity contribution in [2.75, 3.05) is 13.7 Å². The molecular weight excluding hydrogens is 486 g/mol. The second-order valence-electron chi connectivity index (χ2n) is 7.56. The summed E-state index contributed by atoms with van der Waals surface area (Å²) in [6.45, 7) is 1.66. The van der Waals surface area contributed by atoms with Crippen LogP contribution < -0.4 is 14.8 Å². The highest BCUT2D eigenvalue weighted by Gasteiger charge is 2.15. The van der Waals surface area contributed by atoms with E-state index in [0.717, 1.165) is 34.1 Å². The first-order valence-corrected chi connectivity index (χ1v) is 11.3. The Hall–Kier alpha value is -3.36. The van der Waals surface area contributed by atoms with Gasteiger partial charge < -0.3 is 19.8 Å². The summed E-state index contributed by atoms with van der Waals surface area (Å²) in [7, 11) is 1.61. The molecule has 0 spiro atoms. The van der Waals surface area contributed by atoms with E-state index < -0.39 is 4.92 Å². The summed E-state index contributed by atoms with van der Waals surface area (Å²) in [5.41, 5.74) is 4.26. The first-order chi connectivity index (χ1) is 16.1. The van der Waals surface area contributed by atoms with E-state index in [-0.39, 0.29) is 12.3 Å². The summed E-state index contributed by atoms with van der Waals surface area (Å²) in [5, 5.41) is 15.6. The highest BCUT2D eigenvalue weighted by molar-refractivity contribution is 9.10. The lowest BCUT2D eigenvalue weighted by atomic mass is 10.1. The summed E-state index contributed by atoms with van der Waals surface area (Å²) in [6, 6.07) is 18.4. The Labute approximate surface area is 200 Å². The van der Waals surface area contributed by atoms with Crippen molar-refractivity contribution >= 4 is 32.5 Å². The summed E-state index contributed by atoms with van der Waals surface area (Å²) in [4.78, 5) is 13.8. The predicted octanol–water partition coefficient (Wildman–Crippen LogP) is 5.76. The number of aromatic amines is 1. The van der Waals surface area contributed by atoms with E-state index in [4.69, 9.17) is 9.47 Å². The molecule has 0 bridgehead atoms. The van der Waals surface area contributed by atoms with Gasteiger partial charge in [-0.2, -0.15) is 0 Å². The minimum atomic E-state index is -0.415. The van der Waals surface area contributed by atoms with Crippen LogP contribution in [0.5, 0.6) is 11.5 Å². The normalized spacial score (nSPS) is 11.0. The molecule has 0 aliphatic carbocycles. The lowest BCUT2D eigenvalue weighted by Crippen LogP contribution is -2.18. The van der Waals surface area contributed by atoms with Crippen molar-refractivity contribution in [2.24, 2.45) is 0 Å². The smallest absolute Gasteiger partial charge is 0.269 e. The fourth-order valence-corrected chi connectivity index (χ4v) is 4.16. The number of non-ortho nitro benzene ring substituents is 1. The molecule has 0 radical (unpaired) electrons. The average molecular weight is 510 g/mol. The summed E-state index contributed by atoms with van der Waals surface area (Å²) in [6.07, 6.45) is 2.96. The van der Waals surface area contributed by atoms with Gasteiger partial charge in [0.15, 0.2) is 11.5 Å². The molecule has 4 aromatic rings. The Morgan fingerprint density at radius 2 is 1.88 bits per heavy atom. The van der Waals surface area contributed by atoms with E-state index in [0.29, 0.717) is 18.0 Å². The second kappa shape index (κ2) is 10.5. The standard InChI is InChI=1S/C25H24BrN3O4/c1-32-24-11-10-22(26)21(25(24)33-16-17-6-8-19(9-7-17)29(30)31)15-27-13-12-18-14-28-23-5-3-2-4-20(18)23/h2-11,14,27-28H,12-13,15-16H2,1H3. The number of halogens is 1. The molecule has 1 heterocycles. The van der Waals surface area contributed by atoms with E-state index in [1.54, 1.807) is 19.2 Å². The van der Waals surface area contributed by atoms with Crippen LogP contribution in [-0.2, 0) is 19.6 Å². The fraction of sp³-hybridized carbons (Fsp3) is 0.200. The van der Waals surface area contributed by atoms with Crippen LogP contribution in [0, 0.1) is 10.1 Å². The predicted molar refractivity (Wildman–Crippen MR) is 132 cm³/mol. The number of benzene rings is 3. The molecule has 1 aromatic heterocycles. The zero-order chi connectivity index (χ0) is 23.2. The number of nitrogens with one attached hydrogen (secondary N) is 2. The average Bonchev–Trinajstić information content (AvgIpc) is 3.25. The van der Waals surface area contributed by atoms with Crippen LogP contribution in [0.4, 0.5) is 5.69 Å². The molecule has 0 amide bonds. The molecule has 33 heavy (non-hydrogen) atoms. The maximum Gasteiger partial charge on any atom is 0.269 e. The lowest BCUT2D eigenvalue weighted by molar-refractivity contribution is -0.384. The van der Waals surface area contributed by atoms with Crippen molar-refractivity contribution in [3.05, 3.63) is 98.1 Å². The van der Waals surface area contributed by atoms with Gasteiger partial charge in [0.2, 0.25) is 0 Å². The number of rotatable bonds is 10. The van der Waals surface area contributed by atoms with E-state index in [1.807, 2.05) is 18.2 Å². The number of para-hydroxylation sites is 1. The van der Waals surface area contributed by atoms with Gasteiger partial charge in [-0.05, 0) is 54.4 Å². The first-order valence-electron chi connectivity index (χ1n) is 10.5. The van der Waals surface area contributed by atoms with Crippen molar-refractivity contribution in [2.45, 2.75) is 19.6 Å². The summed E-state index contributed by atoms with van der Waals surface area (Å²) in [5.74, 6) is 1.28. The van der Waals surface area contributed by atoms with Gasteiger partial charge >= 0.3 is 0 Å². The number of fused-ring (bicyclic) bond motifs is 1. The zero-order valence-electron chi connectivity index (χ0n) is 18.1. The number of nitro benzene ring substituents is 1. The molecule has 0 aliphatic heterocycles. The maximum absolute atomic E-state index is 10.9. The van der Waals surface area contributed by atoms with E-state index in [2.05, 4.69) is 50.6 Å². The Balaban J connectivity index is 1.43. The van der Waals surface area contributed by atoms with Gasteiger partial charge in [-0.25, -0.2) is 0 Å². The SMILES string of the molecule is COc1ccc(Br)c(CNCCc2c[nH]c3ccccc23)c1OCc1ccc([N+](=O)[O-])cc1. The number of aromatic nitrogens is 1. The molecule has 2 N–H and O–H groups in total. The van der Waals surface area contributed by atoms with Gasteiger partial charge in [-0.15, -0.1) is 0 Å². The van der Waals surface area contributed by atoms with Gasteiger partial charge in [0.1, 0.15) is 6.61 Å². The van der Waals surface area contributed by atoms with Crippen LogP contribution in [-0.4, -0.2) is 23.6 Å². The quantitative estimate of drug-likeness (QED) is 0.161. The van der Waals surface area contributed by atoms with Crippen molar-refractivity contribution in [3.8, 4) is 11.5 Å². The highest BCUT2D eigenvalue weighted by Crippen LogP contribution is 2.37. The van der Waals surface area contributed by atoms with E-state index >= 15 is 0 Å². The van der Waals surface area contributed by atoms with Crippen LogP contribution in [0.2, 0.25) is 0 Å². The minimum absolute atomic E-state index is 0.0545. The number of hydrogen-bond donors (Lipinski definition) is 2. The van der Waals surface area contributed by atoms with Crippen LogP contribution in [0.15, 0.2) is 71.3 Å². The number of nitro groups is 1. The van der Waals surface area contributed by atoms with Crippen LogP contribution in [0.1, 0.15) is 16.7 Å².